The SMILES string of the molecule is COc1ccc([C@@]23CCC(OP(=O)(OCOC(=O)C(C)C)OCOC(=O)C(C)C)=C[C@@H]2N(C)CC3)cc1OC. The normalized spacial score (nSPS) is 21.4. The van der Waals surface area contributed by atoms with E-state index >= 15 is 0 Å². The number of phosphoric acid groups is 1. The molecule has 39 heavy (non-hydrogen) atoms. The van der Waals surface area contributed by atoms with Crippen molar-refractivity contribution in [3.63, 3.8) is 0 Å². The summed E-state index contributed by atoms with van der Waals surface area (Å²) in [4.78, 5) is 25.9. The predicted molar refractivity (Wildman–Crippen MR) is 142 cm³/mol. The average molecular weight is 570 g/mol. The summed E-state index contributed by atoms with van der Waals surface area (Å²) in [7, 11) is 0.924. The Kier molecular flexibility index (Phi) is 10.5. The summed E-state index contributed by atoms with van der Waals surface area (Å²) < 4.78 is 50.9. The Morgan fingerprint density at radius 1 is 0.974 bits per heavy atom. The van der Waals surface area contributed by atoms with Gasteiger partial charge in [-0.15, -0.1) is 0 Å². The first-order chi connectivity index (χ1) is 18.4. The van der Waals surface area contributed by atoms with Crippen molar-refractivity contribution in [3.8, 4) is 11.5 Å². The van der Waals surface area contributed by atoms with Gasteiger partial charge in [-0.05, 0) is 50.2 Å². The van der Waals surface area contributed by atoms with Crippen molar-refractivity contribution in [3.05, 3.63) is 35.6 Å². The van der Waals surface area contributed by atoms with Gasteiger partial charge in [-0.3, -0.25) is 14.5 Å². The summed E-state index contributed by atoms with van der Waals surface area (Å²) in [6.07, 6.45) is 3.99. The monoisotopic (exact) mass is 569 g/mol. The molecule has 1 fully saturated rings. The molecule has 218 valence electrons. The average Bonchev–Trinajstić information content (AvgIpc) is 3.24. The number of fused-ring (bicyclic) bond motifs is 1. The largest absolute Gasteiger partial charge is 0.535 e. The van der Waals surface area contributed by atoms with Crippen LogP contribution >= 0.6 is 7.82 Å². The third-order valence-electron chi connectivity index (χ3n) is 7.07. The second-order valence-electron chi connectivity index (χ2n) is 10.3. The molecule has 0 N–H and O–H groups in total. The van der Waals surface area contributed by atoms with E-state index in [0.29, 0.717) is 30.1 Å². The molecule has 0 spiro atoms. The molecule has 3 rings (SSSR count). The van der Waals surface area contributed by atoms with E-state index in [1.165, 1.54) is 0 Å². The first-order valence-corrected chi connectivity index (χ1v) is 14.5. The van der Waals surface area contributed by atoms with E-state index < -0.39 is 45.2 Å². The Bertz CT molecular complexity index is 1070. The lowest BCUT2D eigenvalue weighted by Crippen LogP contribution is -2.42. The number of likely N-dealkylation sites (tertiary alicyclic amines) is 1. The highest BCUT2D eigenvalue weighted by Crippen LogP contribution is 2.55. The van der Waals surface area contributed by atoms with Crippen LogP contribution in [-0.2, 0) is 42.6 Å². The van der Waals surface area contributed by atoms with Gasteiger partial charge in [0.15, 0.2) is 11.5 Å². The van der Waals surface area contributed by atoms with Crippen LogP contribution in [0.5, 0.6) is 11.5 Å². The van der Waals surface area contributed by atoms with Crippen molar-refractivity contribution in [1.82, 2.24) is 4.90 Å². The molecule has 11 nitrogen and oxygen atoms in total. The van der Waals surface area contributed by atoms with Crippen LogP contribution in [0.3, 0.4) is 0 Å². The first-order valence-electron chi connectivity index (χ1n) is 13.0. The van der Waals surface area contributed by atoms with Crippen molar-refractivity contribution in [1.29, 1.82) is 0 Å². The predicted octanol–water partition coefficient (Wildman–Crippen LogP) is 4.79. The summed E-state index contributed by atoms with van der Waals surface area (Å²) in [5.74, 6) is -0.132. The van der Waals surface area contributed by atoms with Gasteiger partial charge in [0.2, 0.25) is 13.6 Å². The highest BCUT2D eigenvalue weighted by molar-refractivity contribution is 7.48. The van der Waals surface area contributed by atoms with Crippen LogP contribution in [0.25, 0.3) is 0 Å². The third-order valence-corrected chi connectivity index (χ3v) is 8.37. The Morgan fingerprint density at radius 3 is 2.10 bits per heavy atom. The number of allylic oxidation sites excluding steroid dienone is 1. The van der Waals surface area contributed by atoms with E-state index in [2.05, 4.69) is 11.0 Å². The van der Waals surface area contributed by atoms with Gasteiger partial charge in [-0.2, -0.15) is 0 Å². The van der Waals surface area contributed by atoms with Gasteiger partial charge in [-0.1, -0.05) is 33.8 Å². The number of hydrogen-bond acceptors (Lipinski definition) is 11. The standard InChI is InChI=1S/C27H40NO10P/c1-18(2)25(29)34-16-36-39(31,37-17-35-26(30)19(3)4)38-21-10-11-27(12-13-28(5)24(27)15-21)20-8-9-22(32-6)23(14-20)33-7/h8-9,14-15,18-19,24H,10-13,16-17H2,1-7H3/t24-,27-/m0/s1. The molecule has 0 amide bonds. The Labute approximate surface area is 230 Å². The molecule has 1 aliphatic carbocycles. The smallest absolute Gasteiger partial charge is 0.493 e. The number of carbonyl (C=O) groups is 2. The molecular formula is C27H40NO10P. The molecule has 2 aliphatic rings. The van der Waals surface area contributed by atoms with Crippen LogP contribution in [-0.4, -0.2) is 64.3 Å². The van der Waals surface area contributed by atoms with E-state index in [1.807, 2.05) is 25.3 Å². The van der Waals surface area contributed by atoms with Gasteiger partial charge in [-0.25, -0.2) is 13.6 Å². The maximum Gasteiger partial charge on any atom is 0.535 e. The quantitative estimate of drug-likeness (QED) is 0.185. The number of phosphoric ester groups is 1. The summed E-state index contributed by atoms with van der Waals surface area (Å²) in [6.45, 7) is 6.22. The van der Waals surface area contributed by atoms with Gasteiger partial charge in [0.1, 0.15) is 5.76 Å². The maximum absolute atomic E-state index is 13.5. The zero-order valence-corrected chi connectivity index (χ0v) is 24.7. The minimum Gasteiger partial charge on any atom is -0.493 e. The lowest BCUT2D eigenvalue weighted by Gasteiger charge is -2.40. The fourth-order valence-electron chi connectivity index (χ4n) is 4.80. The van der Waals surface area contributed by atoms with Crippen LogP contribution in [0.2, 0.25) is 0 Å². The van der Waals surface area contributed by atoms with Crippen molar-refractivity contribution < 1.29 is 46.7 Å². The highest BCUT2D eigenvalue weighted by atomic mass is 31.2. The second-order valence-corrected chi connectivity index (χ2v) is 11.9. The number of methoxy groups -OCH3 is 2. The molecule has 0 radical (unpaired) electrons. The van der Waals surface area contributed by atoms with Crippen molar-refractivity contribution in [2.75, 3.05) is 41.4 Å². The fourth-order valence-corrected chi connectivity index (χ4v) is 5.78. The third kappa shape index (κ3) is 7.33. The molecule has 1 aliphatic heterocycles. The molecule has 1 heterocycles. The van der Waals surface area contributed by atoms with Gasteiger partial charge < -0.3 is 23.5 Å². The molecule has 0 unspecified atom stereocenters. The summed E-state index contributed by atoms with van der Waals surface area (Å²) in [5.41, 5.74) is 0.897. The van der Waals surface area contributed by atoms with E-state index in [1.54, 1.807) is 41.9 Å². The van der Waals surface area contributed by atoms with Crippen LogP contribution in [0.1, 0.15) is 52.5 Å². The van der Waals surface area contributed by atoms with E-state index in [4.69, 9.17) is 32.5 Å². The summed E-state index contributed by atoms with van der Waals surface area (Å²) in [5, 5.41) is 0. The zero-order chi connectivity index (χ0) is 28.8. The number of nitrogens with zero attached hydrogens (tertiary/aromatic N) is 1. The van der Waals surface area contributed by atoms with Crippen LogP contribution in [0.15, 0.2) is 30.0 Å². The van der Waals surface area contributed by atoms with E-state index in [-0.39, 0.29) is 11.5 Å². The number of rotatable bonds is 13. The first kappa shape index (κ1) is 30.9. The van der Waals surface area contributed by atoms with Crippen LogP contribution in [0, 0.1) is 11.8 Å². The molecular weight excluding hydrogens is 529 g/mol. The molecule has 12 heteroatoms. The molecule has 1 aromatic rings. The maximum atomic E-state index is 13.5. The highest BCUT2D eigenvalue weighted by Gasteiger charge is 2.49. The Hall–Kier alpha value is -2.59. The van der Waals surface area contributed by atoms with Gasteiger partial charge >= 0.3 is 19.8 Å². The molecule has 0 saturated carbocycles. The van der Waals surface area contributed by atoms with Gasteiger partial charge in [0.25, 0.3) is 0 Å². The number of likely N-dealkylation sites (N-methyl/N-ethyl adjacent to an activating group) is 1. The van der Waals surface area contributed by atoms with E-state index in [9.17, 15) is 14.2 Å². The number of benzene rings is 1. The molecule has 1 saturated heterocycles. The lowest BCUT2D eigenvalue weighted by molar-refractivity contribution is -0.157. The minimum atomic E-state index is -4.31. The van der Waals surface area contributed by atoms with Crippen molar-refractivity contribution in [2.45, 2.75) is 58.4 Å². The van der Waals surface area contributed by atoms with Gasteiger partial charge in [0, 0.05) is 17.9 Å². The zero-order valence-electron chi connectivity index (χ0n) is 23.8. The number of esters is 2. The molecule has 2 atom stereocenters. The molecule has 1 aromatic carbocycles. The van der Waals surface area contributed by atoms with Gasteiger partial charge in [0.05, 0.1) is 26.1 Å². The summed E-state index contributed by atoms with van der Waals surface area (Å²) in [6, 6.07) is 5.90. The second kappa shape index (κ2) is 13.2. The van der Waals surface area contributed by atoms with Crippen molar-refractivity contribution in [2.24, 2.45) is 11.8 Å². The van der Waals surface area contributed by atoms with Crippen LogP contribution < -0.4 is 9.47 Å². The molecule has 0 bridgehead atoms. The minimum absolute atomic E-state index is 0.0645. The van der Waals surface area contributed by atoms with E-state index in [0.717, 1.165) is 18.5 Å². The Morgan fingerprint density at radius 2 is 1.56 bits per heavy atom. The molecule has 0 aromatic heterocycles. The van der Waals surface area contributed by atoms with Crippen LogP contribution in [0.4, 0.5) is 0 Å². The van der Waals surface area contributed by atoms with Crippen molar-refractivity contribution >= 4 is 19.8 Å². The fraction of sp³-hybridized carbons (Fsp3) is 0.630. The topological polar surface area (TPSA) is 119 Å². The number of hydrogen-bond donors (Lipinski definition) is 0. The lowest BCUT2D eigenvalue weighted by atomic mass is 9.68. The number of carbonyl (C=O) groups excluding carboxylic acids is 2. The summed E-state index contributed by atoms with van der Waals surface area (Å²) >= 11 is 0. The number of ether oxygens (including phenoxy) is 4. The Balaban J connectivity index is 1.82.